The normalized spacial score (nSPS) is 17.2. The fourth-order valence-electron chi connectivity index (χ4n) is 1.63. The van der Waals surface area contributed by atoms with Crippen molar-refractivity contribution in [2.45, 2.75) is 52.1 Å². The summed E-state index contributed by atoms with van der Waals surface area (Å²) in [6.07, 6.45) is 1.95. The molecule has 2 atom stereocenters. The standard InChI is InChI=1S/C13H27N3/c1-11(2)12(3)16(6)9-7-8-13(4,10-14)15-5/h11-12,15H,7-9H2,1-6H3. The maximum atomic E-state index is 9.02. The summed E-state index contributed by atoms with van der Waals surface area (Å²) in [4.78, 5) is 2.37. The van der Waals surface area contributed by atoms with Crippen molar-refractivity contribution in [2.75, 3.05) is 20.6 Å². The summed E-state index contributed by atoms with van der Waals surface area (Å²) in [5, 5.41) is 12.1. The molecule has 0 amide bonds. The van der Waals surface area contributed by atoms with Crippen molar-refractivity contribution in [3.8, 4) is 6.07 Å². The van der Waals surface area contributed by atoms with Crippen molar-refractivity contribution in [1.82, 2.24) is 10.2 Å². The summed E-state index contributed by atoms with van der Waals surface area (Å²) in [6, 6.07) is 2.92. The first-order valence-corrected chi connectivity index (χ1v) is 6.16. The molecule has 1 N–H and O–H groups in total. The van der Waals surface area contributed by atoms with Crippen LogP contribution in [0.25, 0.3) is 0 Å². The quantitative estimate of drug-likeness (QED) is 0.722. The van der Waals surface area contributed by atoms with Crippen molar-refractivity contribution >= 4 is 0 Å². The van der Waals surface area contributed by atoms with Crippen LogP contribution in [0.5, 0.6) is 0 Å². The van der Waals surface area contributed by atoms with E-state index < -0.39 is 0 Å². The van der Waals surface area contributed by atoms with Gasteiger partial charge in [-0.2, -0.15) is 5.26 Å². The van der Waals surface area contributed by atoms with Crippen LogP contribution >= 0.6 is 0 Å². The molecule has 0 aliphatic rings. The molecule has 0 aromatic heterocycles. The van der Waals surface area contributed by atoms with E-state index in [-0.39, 0.29) is 5.54 Å². The highest BCUT2D eigenvalue weighted by Crippen LogP contribution is 2.13. The Morgan fingerprint density at radius 3 is 2.31 bits per heavy atom. The Morgan fingerprint density at radius 2 is 1.94 bits per heavy atom. The molecular formula is C13H27N3. The average Bonchev–Trinajstić information content (AvgIpc) is 2.27. The van der Waals surface area contributed by atoms with Crippen molar-refractivity contribution in [1.29, 1.82) is 5.26 Å². The Hall–Kier alpha value is -0.590. The molecule has 0 bridgehead atoms. The van der Waals surface area contributed by atoms with Gasteiger partial charge in [0, 0.05) is 6.04 Å². The van der Waals surface area contributed by atoms with Gasteiger partial charge >= 0.3 is 0 Å². The van der Waals surface area contributed by atoms with Gasteiger partial charge in [-0.25, -0.2) is 0 Å². The molecule has 0 rings (SSSR count). The van der Waals surface area contributed by atoms with Crippen LogP contribution in [0.2, 0.25) is 0 Å². The summed E-state index contributed by atoms with van der Waals surface area (Å²) < 4.78 is 0. The Bertz CT molecular complexity index is 232. The van der Waals surface area contributed by atoms with Gasteiger partial charge in [0.15, 0.2) is 0 Å². The fourth-order valence-corrected chi connectivity index (χ4v) is 1.63. The van der Waals surface area contributed by atoms with Gasteiger partial charge in [0.05, 0.1) is 6.07 Å². The van der Waals surface area contributed by atoms with Gasteiger partial charge in [0.1, 0.15) is 5.54 Å². The first kappa shape index (κ1) is 15.4. The van der Waals surface area contributed by atoms with Crippen LogP contribution in [0.1, 0.15) is 40.5 Å². The van der Waals surface area contributed by atoms with Crippen LogP contribution in [0.3, 0.4) is 0 Å². The van der Waals surface area contributed by atoms with Gasteiger partial charge in [0.2, 0.25) is 0 Å². The van der Waals surface area contributed by atoms with E-state index in [9.17, 15) is 0 Å². The van der Waals surface area contributed by atoms with E-state index in [1.807, 2.05) is 14.0 Å². The maximum absolute atomic E-state index is 9.02. The zero-order valence-electron chi connectivity index (χ0n) is 11.7. The SMILES string of the molecule is CNC(C)(C#N)CCCN(C)C(C)C(C)C. The van der Waals surface area contributed by atoms with Gasteiger partial charge in [-0.15, -0.1) is 0 Å². The number of nitrogens with one attached hydrogen (secondary N) is 1. The first-order valence-electron chi connectivity index (χ1n) is 6.16. The monoisotopic (exact) mass is 225 g/mol. The molecule has 0 fully saturated rings. The van der Waals surface area contributed by atoms with Crippen molar-refractivity contribution in [2.24, 2.45) is 5.92 Å². The second-order valence-electron chi connectivity index (χ2n) is 5.26. The third-order valence-corrected chi connectivity index (χ3v) is 3.65. The van der Waals surface area contributed by atoms with Crippen LogP contribution in [0.15, 0.2) is 0 Å². The highest BCUT2D eigenvalue weighted by atomic mass is 15.1. The highest BCUT2D eigenvalue weighted by molar-refractivity contribution is 5.02. The molecule has 3 nitrogen and oxygen atoms in total. The summed E-state index contributed by atoms with van der Waals surface area (Å²) in [5.41, 5.74) is -0.373. The van der Waals surface area contributed by atoms with Gasteiger partial charge < -0.3 is 10.2 Å². The van der Waals surface area contributed by atoms with Crippen LogP contribution in [0.4, 0.5) is 0 Å². The number of nitriles is 1. The molecule has 2 unspecified atom stereocenters. The highest BCUT2D eigenvalue weighted by Gasteiger charge is 2.21. The van der Waals surface area contributed by atoms with E-state index in [1.54, 1.807) is 0 Å². The van der Waals surface area contributed by atoms with E-state index in [1.165, 1.54) is 0 Å². The molecule has 0 aromatic carbocycles. The lowest BCUT2D eigenvalue weighted by atomic mass is 9.97. The zero-order valence-corrected chi connectivity index (χ0v) is 11.7. The van der Waals surface area contributed by atoms with E-state index >= 15 is 0 Å². The van der Waals surface area contributed by atoms with Crippen molar-refractivity contribution < 1.29 is 0 Å². The van der Waals surface area contributed by atoms with E-state index in [0.717, 1.165) is 19.4 Å². The summed E-state index contributed by atoms with van der Waals surface area (Å²) in [5.74, 6) is 0.677. The lowest BCUT2D eigenvalue weighted by Gasteiger charge is -2.29. The molecular weight excluding hydrogens is 198 g/mol. The minimum absolute atomic E-state index is 0.373. The summed E-state index contributed by atoms with van der Waals surface area (Å²) in [6.45, 7) is 9.76. The van der Waals surface area contributed by atoms with Crippen LogP contribution in [-0.4, -0.2) is 37.1 Å². The molecule has 0 aliphatic heterocycles. The molecule has 0 aliphatic carbocycles. The maximum Gasteiger partial charge on any atom is 0.103 e. The molecule has 0 heterocycles. The lowest BCUT2D eigenvalue weighted by Crippen LogP contribution is -2.40. The van der Waals surface area contributed by atoms with Crippen molar-refractivity contribution in [3.05, 3.63) is 0 Å². The van der Waals surface area contributed by atoms with Gasteiger partial charge in [-0.3, -0.25) is 0 Å². The first-order chi connectivity index (χ1) is 7.36. The zero-order chi connectivity index (χ0) is 12.8. The van der Waals surface area contributed by atoms with Crippen LogP contribution in [-0.2, 0) is 0 Å². The van der Waals surface area contributed by atoms with Crippen molar-refractivity contribution in [3.63, 3.8) is 0 Å². The third-order valence-electron chi connectivity index (χ3n) is 3.65. The van der Waals surface area contributed by atoms with Crippen LogP contribution < -0.4 is 5.32 Å². The molecule has 0 aromatic rings. The van der Waals surface area contributed by atoms with Gasteiger partial charge in [-0.05, 0) is 53.2 Å². The summed E-state index contributed by atoms with van der Waals surface area (Å²) >= 11 is 0. The number of nitrogens with zero attached hydrogens (tertiary/aromatic N) is 2. The Morgan fingerprint density at radius 1 is 1.38 bits per heavy atom. The second-order valence-corrected chi connectivity index (χ2v) is 5.26. The smallest absolute Gasteiger partial charge is 0.103 e. The second kappa shape index (κ2) is 6.88. The molecule has 94 valence electrons. The van der Waals surface area contributed by atoms with Crippen LogP contribution in [0, 0.1) is 17.2 Å². The topological polar surface area (TPSA) is 39.1 Å². The lowest BCUT2D eigenvalue weighted by molar-refractivity contribution is 0.200. The van der Waals surface area contributed by atoms with Gasteiger partial charge in [0.25, 0.3) is 0 Å². The largest absolute Gasteiger partial charge is 0.303 e. The summed E-state index contributed by atoms with van der Waals surface area (Å²) in [7, 11) is 4.01. The number of rotatable bonds is 7. The minimum atomic E-state index is -0.373. The van der Waals surface area contributed by atoms with Gasteiger partial charge in [-0.1, -0.05) is 13.8 Å². The molecule has 16 heavy (non-hydrogen) atoms. The van der Waals surface area contributed by atoms with E-state index in [4.69, 9.17) is 5.26 Å². The van der Waals surface area contributed by atoms with E-state index in [0.29, 0.717) is 12.0 Å². The Kier molecular flexibility index (Phi) is 6.62. The molecule has 0 spiro atoms. The molecule has 0 radical (unpaired) electrons. The average molecular weight is 225 g/mol. The molecule has 0 saturated heterocycles. The fraction of sp³-hybridized carbons (Fsp3) is 0.923. The van der Waals surface area contributed by atoms with E-state index in [2.05, 4.69) is 44.1 Å². The molecule has 0 saturated carbocycles. The minimum Gasteiger partial charge on any atom is -0.303 e. The predicted octanol–water partition coefficient (Wildman–Crippen LogP) is 2.24. The Labute approximate surface area is 101 Å². The molecule has 3 heteroatoms. The predicted molar refractivity (Wildman–Crippen MR) is 69.2 cm³/mol. The number of hydrogen-bond acceptors (Lipinski definition) is 3. The number of hydrogen-bond donors (Lipinski definition) is 1. The Balaban J connectivity index is 3.95. The third kappa shape index (κ3) is 4.96.